The molecular formula is C21H23N3O4. The molecule has 28 heavy (non-hydrogen) atoms. The quantitative estimate of drug-likeness (QED) is 0.764. The maximum atomic E-state index is 12.8. The zero-order valence-corrected chi connectivity index (χ0v) is 15.6. The van der Waals surface area contributed by atoms with Crippen LogP contribution in [-0.2, 0) is 20.9 Å². The first-order chi connectivity index (χ1) is 13.5. The number of likely N-dealkylation sites (tertiary alicyclic amines) is 1. The molecule has 0 aliphatic carbocycles. The van der Waals surface area contributed by atoms with Crippen molar-refractivity contribution in [3.05, 3.63) is 66.0 Å². The van der Waals surface area contributed by atoms with Gasteiger partial charge in [0.25, 0.3) is 0 Å². The molecule has 7 heteroatoms. The molecule has 1 aromatic heterocycles. The Morgan fingerprint density at radius 2 is 1.93 bits per heavy atom. The van der Waals surface area contributed by atoms with E-state index in [1.807, 2.05) is 18.2 Å². The van der Waals surface area contributed by atoms with Crippen molar-refractivity contribution in [1.29, 1.82) is 0 Å². The van der Waals surface area contributed by atoms with Crippen LogP contribution in [0.5, 0.6) is 0 Å². The molecule has 0 bridgehead atoms. The lowest BCUT2D eigenvalue weighted by Gasteiger charge is -2.24. The summed E-state index contributed by atoms with van der Waals surface area (Å²) >= 11 is 0. The number of carbonyl (C=O) groups is 3. The van der Waals surface area contributed by atoms with Crippen LogP contribution in [0.25, 0.3) is 0 Å². The fraction of sp³-hybridized carbons (Fsp3) is 0.333. The predicted octanol–water partition coefficient (Wildman–Crippen LogP) is 2.01. The van der Waals surface area contributed by atoms with E-state index in [9.17, 15) is 19.5 Å². The summed E-state index contributed by atoms with van der Waals surface area (Å²) in [5, 5.41) is 12.3. The molecule has 2 aromatic rings. The molecule has 2 heterocycles. The van der Waals surface area contributed by atoms with Gasteiger partial charge >= 0.3 is 5.97 Å². The van der Waals surface area contributed by atoms with Crippen LogP contribution in [0.3, 0.4) is 0 Å². The summed E-state index contributed by atoms with van der Waals surface area (Å²) in [5.41, 5.74) is 1.49. The average molecular weight is 381 g/mol. The summed E-state index contributed by atoms with van der Waals surface area (Å²) in [6, 6.07) is 13.8. The molecule has 2 amide bonds. The van der Waals surface area contributed by atoms with Crippen LogP contribution in [-0.4, -0.2) is 39.3 Å². The first-order valence-corrected chi connectivity index (χ1v) is 9.21. The van der Waals surface area contributed by atoms with Gasteiger partial charge in [-0.15, -0.1) is 0 Å². The number of carboxylic acid groups (broad SMARTS) is 1. The zero-order valence-electron chi connectivity index (χ0n) is 15.6. The van der Waals surface area contributed by atoms with Gasteiger partial charge in [0.2, 0.25) is 11.8 Å². The van der Waals surface area contributed by atoms with Crippen LogP contribution in [0.4, 0.5) is 0 Å². The Bertz CT molecular complexity index is 841. The average Bonchev–Trinajstić information content (AvgIpc) is 3.07. The van der Waals surface area contributed by atoms with Crippen LogP contribution in [0.1, 0.15) is 30.6 Å². The molecule has 7 nitrogen and oxygen atoms in total. The molecule has 0 radical (unpaired) electrons. The van der Waals surface area contributed by atoms with E-state index in [4.69, 9.17) is 0 Å². The molecule has 146 valence electrons. The van der Waals surface area contributed by atoms with Gasteiger partial charge in [0.1, 0.15) is 0 Å². The van der Waals surface area contributed by atoms with Crippen LogP contribution in [0, 0.1) is 11.8 Å². The molecule has 1 saturated heterocycles. The minimum absolute atomic E-state index is 0.103. The van der Waals surface area contributed by atoms with Crippen molar-refractivity contribution in [2.75, 3.05) is 6.54 Å². The topological polar surface area (TPSA) is 99.6 Å². The number of aliphatic carboxylic acids is 1. The lowest BCUT2D eigenvalue weighted by Crippen LogP contribution is -2.39. The van der Waals surface area contributed by atoms with E-state index in [0.29, 0.717) is 13.1 Å². The highest BCUT2D eigenvalue weighted by molar-refractivity contribution is 5.89. The number of rotatable bonds is 7. The lowest BCUT2D eigenvalue weighted by molar-refractivity contribution is -0.142. The van der Waals surface area contributed by atoms with Gasteiger partial charge in [-0.2, -0.15) is 0 Å². The molecule has 1 aromatic carbocycles. The number of carboxylic acids is 1. The molecule has 1 fully saturated rings. The number of pyridine rings is 1. The number of aromatic nitrogens is 1. The Morgan fingerprint density at radius 3 is 2.57 bits per heavy atom. The monoisotopic (exact) mass is 381 g/mol. The normalized spacial score (nSPS) is 18.5. The first kappa shape index (κ1) is 19.5. The predicted molar refractivity (Wildman–Crippen MR) is 102 cm³/mol. The van der Waals surface area contributed by atoms with Crippen molar-refractivity contribution >= 4 is 17.8 Å². The molecule has 0 spiro atoms. The minimum atomic E-state index is -0.992. The molecule has 2 N–H and O–H groups in total. The van der Waals surface area contributed by atoms with Gasteiger partial charge < -0.3 is 15.3 Å². The van der Waals surface area contributed by atoms with Crippen molar-refractivity contribution < 1.29 is 19.5 Å². The fourth-order valence-electron chi connectivity index (χ4n) is 3.36. The van der Waals surface area contributed by atoms with E-state index in [0.717, 1.165) is 11.3 Å². The van der Waals surface area contributed by atoms with Crippen molar-refractivity contribution in [3.8, 4) is 0 Å². The van der Waals surface area contributed by atoms with Gasteiger partial charge in [-0.25, -0.2) is 0 Å². The lowest BCUT2D eigenvalue weighted by atomic mass is 9.93. The first-order valence-electron chi connectivity index (χ1n) is 9.21. The summed E-state index contributed by atoms with van der Waals surface area (Å²) in [7, 11) is 0. The Morgan fingerprint density at radius 1 is 1.21 bits per heavy atom. The van der Waals surface area contributed by atoms with Crippen LogP contribution < -0.4 is 5.32 Å². The maximum absolute atomic E-state index is 12.8. The minimum Gasteiger partial charge on any atom is -0.481 e. The Hall–Kier alpha value is -3.22. The van der Waals surface area contributed by atoms with Gasteiger partial charge in [-0.05, 0) is 24.6 Å². The van der Waals surface area contributed by atoms with Gasteiger partial charge in [0, 0.05) is 19.2 Å². The largest absolute Gasteiger partial charge is 0.481 e. The number of benzene rings is 1. The van der Waals surface area contributed by atoms with Crippen molar-refractivity contribution in [2.45, 2.75) is 25.9 Å². The molecular weight excluding hydrogens is 358 g/mol. The highest BCUT2D eigenvalue weighted by Gasteiger charge is 2.36. The molecule has 1 aliphatic heterocycles. The number of nitrogens with zero attached hydrogens (tertiary/aromatic N) is 2. The Labute approximate surface area is 163 Å². The number of nitrogens with one attached hydrogen (secondary N) is 1. The highest BCUT2D eigenvalue weighted by Crippen LogP contribution is 2.25. The SMILES string of the molecule is C[C@H](C(=O)O)[C@H](NC(=O)[C@@H]1CC(=O)N(Cc2ccccn2)C1)c1ccccc1. The van der Waals surface area contributed by atoms with Crippen molar-refractivity contribution in [1.82, 2.24) is 15.2 Å². The second-order valence-electron chi connectivity index (χ2n) is 7.02. The third kappa shape index (κ3) is 4.54. The Kier molecular flexibility index (Phi) is 6.03. The molecule has 0 saturated carbocycles. The van der Waals surface area contributed by atoms with Crippen molar-refractivity contribution in [2.24, 2.45) is 11.8 Å². The Balaban J connectivity index is 1.68. The van der Waals surface area contributed by atoms with Gasteiger partial charge in [0.15, 0.2) is 0 Å². The molecule has 0 unspecified atom stereocenters. The van der Waals surface area contributed by atoms with Crippen molar-refractivity contribution in [3.63, 3.8) is 0 Å². The maximum Gasteiger partial charge on any atom is 0.308 e. The molecule has 3 rings (SSSR count). The van der Waals surface area contributed by atoms with E-state index in [1.165, 1.54) is 0 Å². The van der Waals surface area contributed by atoms with Crippen LogP contribution in [0.15, 0.2) is 54.7 Å². The van der Waals surface area contributed by atoms with E-state index in [-0.39, 0.29) is 18.2 Å². The number of hydrogen-bond acceptors (Lipinski definition) is 4. The highest BCUT2D eigenvalue weighted by atomic mass is 16.4. The van der Waals surface area contributed by atoms with Gasteiger partial charge in [-0.1, -0.05) is 36.4 Å². The summed E-state index contributed by atoms with van der Waals surface area (Å²) in [6.07, 6.45) is 1.78. The third-order valence-corrected chi connectivity index (χ3v) is 5.01. The van der Waals surface area contributed by atoms with E-state index >= 15 is 0 Å². The fourth-order valence-corrected chi connectivity index (χ4v) is 3.36. The second kappa shape index (κ2) is 8.65. The molecule has 3 atom stereocenters. The standard InChI is InChI=1S/C21H23N3O4/c1-14(21(27)28)19(15-7-3-2-4-8-15)23-20(26)16-11-18(25)24(12-16)13-17-9-5-6-10-22-17/h2-10,14,16,19H,11-13H2,1H3,(H,23,26)(H,27,28)/t14-,16+,19-/m0/s1. The number of carbonyl (C=O) groups excluding carboxylic acids is 2. The smallest absolute Gasteiger partial charge is 0.308 e. The number of amides is 2. The van der Waals surface area contributed by atoms with E-state index < -0.39 is 23.8 Å². The van der Waals surface area contributed by atoms with Gasteiger partial charge in [-0.3, -0.25) is 19.4 Å². The zero-order chi connectivity index (χ0) is 20.1. The summed E-state index contributed by atoms with van der Waals surface area (Å²) in [6.45, 7) is 2.22. The molecule has 1 aliphatic rings. The third-order valence-electron chi connectivity index (χ3n) is 5.01. The number of hydrogen-bond donors (Lipinski definition) is 2. The van der Waals surface area contributed by atoms with Gasteiger partial charge in [0.05, 0.1) is 30.1 Å². The van der Waals surface area contributed by atoms with E-state index in [2.05, 4.69) is 10.3 Å². The summed E-state index contributed by atoms with van der Waals surface area (Å²) in [4.78, 5) is 42.5. The second-order valence-corrected chi connectivity index (χ2v) is 7.02. The summed E-state index contributed by atoms with van der Waals surface area (Å²) in [5.74, 6) is -2.71. The van der Waals surface area contributed by atoms with Crippen LogP contribution >= 0.6 is 0 Å². The van der Waals surface area contributed by atoms with E-state index in [1.54, 1.807) is 48.4 Å². The summed E-state index contributed by atoms with van der Waals surface area (Å²) < 4.78 is 0. The van der Waals surface area contributed by atoms with Crippen LogP contribution in [0.2, 0.25) is 0 Å².